The molecule has 22 heavy (non-hydrogen) atoms. The molecule has 2 aromatic rings. The monoisotopic (exact) mass is 304 g/mol. The van der Waals surface area contributed by atoms with Crippen molar-refractivity contribution in [3.05, 3.63) is 41.6 Å². The van der Waals surface area contributed by atoms with E-state index in [0.29, 0.717) is 24.6 Å². The van der Waals surface area contributed by atoms with Crippen molar-refractivity contribution in [3.8, 4) is 11.5 Å². The number of nitrogens with one attached hydrogen (secondary N) is 1. The zero-order valence-electron chi connectivity index (χ0n) is 13.0. The van der Waals surface area contributed by atoms with Crippen LogP contribution < -0.4 is 14.8 Å². The van der Waals surface area contributed by atoms with E-state index in [1.807, 2.05) is 18.2 Å². The van der Waals surface area contributed by atoms with E-state index in [2.05, 4.69) is 10.3 Å². The molecule has 0 radical (unpaired) electrons. The second-order valence-electron chi connectivity index (χ2n) is 4.81. The molecule has 0 unspecified atom stereocenters. The van der Waals surface area contributed by atoms with Gasteiger partial charge in [-0.2, -0.15) is 0 Å². The molecule has 0 saturated carbocycles. The number of oxazole rings is 1. The lowest BCUT2D eigenvalue weighted by Crippen LogP contribution is -2.27. The zero-order valence-corrected chi connectivity index (χ0v) is 13.0. The molecule has 2 rings (SSSR count). The average Bonchev–Trinajstić information content (AvgIpc) is 2.92. The van der Waals surface area contributed by atoms with Gasteiger partial charge in [0, 0.05) is 13.5 Å². The number of hydrogen-bond acceptors (Lipinski definition) is 5. The molecule has 0 aliphatic carbocycles. The van der Waals surface area contributed by atoms with E-state index in [1.165, 1.54) is 6.26 Å². The first kappa shape index (κ1) is 15.9. The number of nitrogens with zero attached hydrogens (tertiary/aromatic N) is 1. The molecule has 0 atom stereocenters. The van der Waals surface area contributed by atoms with Gasteiger partial charge in [0.05, 0.1) is 26.3 Å². The van der Waals surface area contributed by atoms with Crippen LogP contribution in [-0.4, -0.2) is 31.7 Å². The van der Waals surface area contributed by atoms with Gasteiger partial charge in [0.1, 0.15) is 17.8 Å². The van der Waals surface area contributed by atoms with Gasteiger partial charge in [-0.05, 0) is 30.2 Å². The van der Waals surface area contributed by atoms with E-state index in [1.54, 1.807) is 21.1 Å². The Kier molecular flexibility index (Phi) is 5.41. The quantitative estimate of drug-likeness (QED) is 0.845. The predicted octanol–water partition coefficient (Wildman–Crippen LogP) is 1.90. The third-order valence-electron chi connectivity index (χ3n) is 3.21. The molecule has 1 heterocycles. The number of hydrogen-bond donors (Lipinski definition) is 1. The topological polar surface area (TPSA) is 73.6 Å². The van der Waals surface area contributed by atoms with Gasteiger partial charge >= 0.3 is 0 Å². The Morgan fingerprint density at radius 1 is 1.32 bits per heavy atom. The summed E-state index contributed by atoms with van der Waals surface area (Å²) in [5, 5.41) is 2.86. The van der Waals surface area contributed by atoms with Crippen LogP contribution >= 0.6 is 0 Å². The summed E-state index contributed by atoms with van der Waals surface area (Å²) in [6, 6.07) is 5.61. The maximum Gasteiger partial charge on any atom is 0.226 e. The van der Waals surface area contributed by atoms with Gasteiger partial charge in [-0.1, -0.05) is 0 Å². The second-order valence-corrected chi connectivity index (χ2v) is 4.81. The first-order valence-electron chi connectivity index (χ1n) is 7.01. The summed E-state index contributed by atoms with van der Waals surface area (Å²) in [7, 11) is 3.24. The fourth-order valence-corrected chi connectivity index (χ4v) is 2.13. The molecule has 0 fully saturated rings. The summed E-state index contributed by atoms with van der Waals surface area (Å²) in [4.78, 5) is 15.9. The lowest BCUT2D eigenvalue weighted by molar-refractivity contribution is -0.120. The van der Waals surface area contributed by atoms with Crippen LogP contribution in [0.1, 0.15) is 17.1 Å². The molecule has 118 valence electrons. The fourth-order valence-electron chi connectivity index (χ4n) is 2.13. The SMILES string of the molecule is COc1ccc(OC)c(CCNC(=O)Cc2coc(C)n2)c1. The maximum absolute atomic E-state index is 11.8. The lowest BCUT2D eigenvalue weighted by Gasteiger charge is -2.11. The van der Waals surface area contributed by atoms with Gasteiger partial charge in [-0.15, -0.1) is 0 Å². The van der Waals surface area contributed by atoms with Gasteiger partial charge in [-0.25, -0.2) is 4.98 Å². The van der Waals surface area contributed by atoms with Crippen LogP contribution in [0.15, 0.2) is 28.9 Å². The van der Waals surface area contributed by atoms with Crippen molar-refractivity contribution in [2.45, 2.75) is 19.8 Å². The molecular formula is C16H20N2O4. The van der Waals surface area contributed by atoms with Crippen molar-refractivity contribution in [3.63, 3.8) is 0 Å². The van der Waals surface area contributed by atoms with Gasteiger partial charge in [-0.3, -0.25) is 4.79 Å². The summed E-state index contributed by atoms with van der Waals surface area (Å²) >= 11 is 0. The minimum Gasteiger partial charge on any atom is -0.497 e. The zero-order chi connectivity index (χ0) is 15.9. The van der Waals surface area contributed by atoms with Crippen LogP contribution in [0.4, 0.5) is 0 Å². The molecule has 1 aromatic carbocycles. The second kappa shape index (κ2) is 7.49. The Bertz CT molecular complexity index is 637. The van der Waals surface area contributed by atoms with Gasteiger partial charge in [0.15, 0.2) is 5.89 Å². The van der Waals surface area contributed by atoms with E-state index in [-0.39, 0.29) is 12.3 Å². The normalized spacial score (nSPS) is 10.3. The van der Waals surface area contributed by atoms with Gasteiger partial charge < -0.3 is 19.2 Å². The molecule has 6 nitrogen and oxygen atoms in total. The number of aryl methyl sites for hydroxylation is 1. The minimum absolute atomic E-state index is 0.0878. The molecular weight excluding hydrogens is 284 g/mol. The largest absolute Gasteiger partial charge is 0.497 e. The Labute approximate surface area is 129 Å². The van der Waals surface area contributed by atoms with Crippen molar-refractivity contribution in [1.29, 1.82) is 0 Å². The number of benzene rings is 1. The molecule has 0 aliphatic rings. The minimum atomic E-state index is -0.0878. The van der Waals surface area contributed by atoms with Crippen molar-refractivity contribution < 1.29 is 18.7 Å². The molecule has 0 spiro atoms. The number of carbonyl (C=O) groups excluding carboxylic acids is 1. The van der Waals surface area contributed by atoms with E-state index in [9.17, 15) is 4.79 Å². The van der Waals surface area contributed by atoms with Crippen LogP contribution in [0.5, 0.6) is 11.5 Å². The van der Waals surface area contributed by atoms with E-state index < -0.39 is 0 Å². The molecule has 0 saturated heterocycles. The number of rotatable bonds is 7. The van der Waals surface area contributed by atoms with Gasteiger partial charge in [0.25, 0.3) is 0 Å². The Hall–Kier alpha value is -2.50. The molecule has 0 bridgehead atoms. The van der Waals surface area contributed by atoms with Crippen LogP contribution in [0.3, 0.4) is 0 Å². The van der Waals surface area contributed by atoms with Crippen LogP contribution in [-0.2, 0) is 17.6 Å². The smallest absolute Gasteiger partial charge is 0.226 e. The van der Waals surface area contributed by atoms with E-state index in [0.717, 1.165) is 17.1 Å². The first-order chi connectivity index (χ1) is 10.6. The summed E-state index contributed by atoms with van der Waals surface area (Å²) in [5.74, 6) is 2.02. The molecule has 1 N–H and O–H groups in total. The van der Waals surface area contributed by atoms with Gasteiger partial charge in [0.2, 0.25) is 5.91 Å². The first-order valence-corrected chi connectivity index (χ1v) is 7.01. The Balaban J connectivity index is 1.86. The number of methoxy groups -OCH3 is 2. The lowest BCUT2D eigenvalue weighted by atomic mass is 10.1. The highest BCUT2D eigenvalue weighted by atomic mass is 16.5. The Morgan fingerprint density at radius 3 is 2.77 bits per heavy atom. The van der Waals surface area contributed by atoms with Crippen molar-refractivity contribution in [2.24, 2.45) is 0 Å². The summed E-state index contributed by atoms with van der Waals surface area (Å²) in [5.41, 5.74) is 1.62. The number of amides is 1. The molecule has 1 amide bonds. The highest BCUT2D eigenvalue weighted by Gasteiger charge is 2.09. The van der Waals surface area contributed by atoms with Crippen molar-refractivity contribution in [1.82, 2.24) is 10.3 Å². The van der Waals surface area contributed by atoms with Crippen molar-refractivity contribution in [2.75, 3.05) is 20.8 Å². The average molecular weight is 304 g/mol. The number of ether oxygens (including phenoxy) is 2. The van der Waals surface area contributed by atoms with E-state index >= 15 is 0 Å². The standard InChI is InChI=1S/C16H20N2O4/c1-11-18-13(10-22-11)9-16(19)17-7-6-12-8-14(20-2)4-5-15(12)21-3/h4-5,8,10H,6-7,9H2,1-3H3,(H,17,19). The third-order valence-corrected chi connectivity index (χ3v) is 3.21. The predicted molar refractivity (Wildman–Crippen MR) is 81.2 cm³/mol. The molecule has 0 aliphatic heterocycles. The summed E-state index contributed by atoms with van der Waals surface area (Å²) in [6.45, 7) is 2.26. The number of carbonyl (C=O) groups is 1. The molecule has 6 heteroatoms. The highest BCUT2D eigenvalue weighted by molar-refractivity contribution is 5.78. The van der Waals surface area contributed by atoms with Crippen molar-refractivity contribution >= 4 is 5.91 Å². The maximum atomic E-state index is 11.8. The van der Waals surface area contributed by atoms with Crippen LogP contribution in [0.2, 0.25) is 0 Å². The van der Waals surface area contributed by atoms with E-state index in [4.69, 9.17) is 13.9 Å². The van der Waals surface area contributed by atoms with Crippen LogP contribution in [0, 0.1) is 6.92 Å². The summed E-state index contributed by atoms with van der Waals surface area (Å²) < 4.78 is 15.6. The van der Waals surface area contributed by atoms with Crippen LogP contribution in [0.25, 0.3) is 0 Å². The fraction of sp³-hybridized carbons (Fsp3) is 0.375. The Morgan fingerprint density at radius 2 is 2.14 bits per heavy atom. The summed E-state index contributed by atoms with van der Waals surface area (Å²) in [6.07, 6.45) is 2.37. The third kappa shape index (κ3) is 4.25. The number of aromatic nitrogens is 1. The molecule has 1 aromatic heterocycles. The highest BCUT2D eigenvalue weighted by Crippen LogP contribution is 2.24.